The highest BCUT2D eigenvalue weighted by molar-refractivity contribution is 5.04. The maximum absolute atomic E-state index is 6.01. The Kier molecular flexibility index (Phi) is 4.14. The van der Waals surface area contributed by atoms with Crippen LogP contribution in [0.1, 0.15) is 51.2 Å². The number of H-pyrrole nitrogens is 1. The summed E-state index contributed by atoms with van der Waals surface area (Å²) in [5, 5.41) is 0. The Morgan fingerprint density at radius 1 is 1.50 bits per heavy atom. The normalized spacial score (nSPS) is 13.5. The van der Waals surface area contributed by atoms with E-state index in [1.54, 1.807) is 0 Å². The van der Waals surface area contributed by atoms with Crippen LogP contribution in [0.4, 0.5) is 0 Å². The predicted octanol–water partition coefficient (Wildman–Crippen LogP) is 2.41. The van der Waals surface area contributed by atoms with Crippen LogP contribution < -0.4 is 5.73 Å². The molecule has 0 saturated carbocycles. The molecule has 1 atom stereocenters. The fourth-order valence-electron chi connectivity index (χ4n) is 1.58. The van der Waals surface area contributed by atoms with Gasteiger partial charge in [0, 0.05) is 11.9 Å². The van der Waals surface area contributed by atoms with Gasteiger partial charge in [0.15, 0.2) is 0 Å². The van der Waals surface area contributed by atoms with Crippen molar-refractivity contribution in [3.05, 3.63) is 17.7 Å². The first-order valence-electron chi connectivity index (χ1n) is 5.42. The molecule has 3 N–H and O–H groups in total. The third-order valence-corrected chi connectivity index (χ3v) is 2.24. The summed E-state index contributed by atoms with van der Waals surface area (Å²) in [7, 11) is 0. The molecule has 3 nitrogen and oxygen atoms in total. The maximum atomic E-state index is 6.01. The van der Waals surface area contributed by atoms with Gasteiger partial charge in [0.25, 0.3) is 0 Å². The molecule has 0 amide bonds. The van der Waals surface area contributed by atoms with Crippen LogP contribution in [0.2, 0.25) is 0 Å². The number of nitrogens with one attached hydrogen (secondary N) is 1. The van der Waals surface area contributed by atoms with E-state index in [9.17, 15) is 0 Å². The number of nitrogens with two attached hydrogens (primary N) is 1. The van der Waals surface area contributed by atoms with Gasteiger partial charge in [0.05, 0.1) is 6.04 Å². The molecule has 0 aromatic carbocycles. The van der Waals surface area contributed by atoms with E-state index in [-0.39, 0.29) is 6.04 Å². The molecule has 0 aliphatic carbocycles. The molecule has 14 heavy (non-hydrogen) atoms. The van der Waals surface area contributed by atoms with E-state index in [4.69, 9.17) is 5.73 Å². The molecule has 0 bridgehead atoms. The van der Waals surface area contributed by atoms with Gasteiger partial charge in [-0.1, -0.05) is 27.2 Å². The molecule has 3 heteroatoms. The molecule has 0 saturated heterocycles. The second kappa shape index (κ2) is 5.15. The Bertz CT molecular complexity index is 265. The van der Waals surface area contributed by atoms with Crippen molar-refractivity contribution in [1.29, 1.82) is 0 Å². The molecule has 0 radical (unpaired) electrons. The van der Waals surface area contributed by atoms with E-state index in [0.29, 0.717) is 5.92 Å². The minimum absolute atomic E-state index is 0.0561. The molecule has 1 unspecified atom stereocenters. The fraction of sp³-hybridized carbons (Fsp3) is 0.727. The van der Waals surface area contributed by atoms with Gasteiger partial charge in [-0.3, -0.25) is 0 Å². The Morgan fingerprint density at radius 3 is 2.79 bits per heavy atom. The Morgan fingerprint density at radius 2 is 2.21 bits per heavy atom. The number of aromatic amines is 1. The van der Waals surface area contributed by atoms with Crippen molar-refractivity contribution in [1.82, 2.24) is 9.97 Å². The van der Waals surface area contributed by atoms with Crippen LogP contribution in [0.25, 0.3) is 0 Å². The Labute approximate surface area is 86.1 Å². The van der Waals surface area contributed by atoms with Gasteiger partial charge in [-0.25, -0.2) is 4.98 Å². The van der Waals surface area contributed by atoms with E-state index in [2.05, 4.69) is 30.7 Å². The first-order valence-corrected chi connectivity index (χ1v) is 5.42. The first kappa shape index (κ1) is 11.2. The highest BCUT2D eigenvalue weighted by Gasteiger charge is 2.11. The number of aromatic nitrogens is 2. The van der Waals surface area contributed by atoms with Crippen LogP contribution in [-0.4, -0.2) is 9.97 Å². The van der Waals surface area contributed by atoms with E-state index >= 15 is 0 Å². The third kappa shape index (κ3) is 3.14. The maximum Gasteiger partial charge on any atom is 0.123 e. The first-order chi connectivity index (χ1) is 6.63. The van der Waals surface area contributed by atoms with Crippen LogP contribution in [0.15, 0.2) is 6.20 Å². The number of aryl methyl sites for hydroxylation is 1. The molecule has 1 aromatic heterocycles. The Hall–Kier alpha value is -0.830. The van der Waals surface area contributed by atoms with Crippen molar-refractivity contribution in [2.24, 2.45) is 11.7 Å². The third-order valence-electron chi connectivity index (χ3n) is 2.24. The van der Waals surface area contributed by atoms with Crippen molar-refractivity contribution in [3.63, 3.8) is 0 Å². The average Bonchev–Trinajstić information content (AvgIpc) is 2.52. The van der Waals surface area contributed by atoms with E-state index in [0.717, 1.165) is 25.1 Å². The van der Waals surface area contributed by atoms with Crippen LogP contribution in [0.5, 0.6) is 0 Å². The molecular weight excluding hydrogens is 174 g/mol. The molecule has 0 aliphatic heterocycles. The number of hydrogen-bond acceptors (Lipinski definition) is 2. The lowest BCUT2D eigenvalue weighted by Crippen LogP contribution is -2.14. The van der Waals surface area contributed by atoms with Crippen LogP contribution in [-0.2, 0) is 6.42 Å². The number of nitrogens with zero attached hydrogens (tertiary/aromatic N) is 1. The summed E-state index contributed by atoms with van der Waals surface area (Å²) >= 11 is 0. The number of imidazole rings is 1. The van der Waals surface area contributed by atoms with E-state index in [1.165, 1.54) is 5.69 Å². The lowest BCUT2D eigenvalue weighted by molar-refractivity contribution is 0.495. The average molecular weight is 195 g/mol. The molecule has 80 valence electrons. The van der Waals surface area contributed by atoms with Gasteiger partial charge in [-0.2, -0.15) is 0 Å². The van der Waals surface area contributed by atoms with Gasteiger partial charge in [-0.15, -0.1) is 0 Å². The van der Waals surface area contributed by atoms with Crippen LogP contribution in [0, 0.1) is 5.92 Å². The molecule has 1 heterocycles. The lowest BCUT2D eigenvalue weighted by Gasteiger charge is -2.10. The van der Waals surface area contributed by atoms with Crippen molar-refractivity contribution in [2.75, 3.05) is 0 Å². The van der Waals surface area contributed by atoms with Crippen molar-refractivity contribution in [2.45, 2.75) is 46.1 Å². The predicted molar refractivity (Wildman–Crippen MR) is 59.0 cm³/mol. The fourth-order valence-corrected chi connectivity index (χ4v) is 1.58. The summed E-state index contributed by atoms with van der Waals surface area (Å²) in [5.74, 6) is 1.55. The summed E-state index contributed by atoms with van der Waals surface area (Å²) < 4.78 is 0. The number of rotatable bonds is 5. The summed E-state index contributed by atoms with van der Waals surface area (Å²) in [6.45, 7) is 6.51. The Balaban J connectivity index is 2.57. The van der Waals surface area contributed by atoms with Gasteiger partial charge in [0.1, 0.15) is 5.82 Å². The topological polar surface area (TPSA) is 54.7 Å². The minimum Gasteiger partial charge on any atom is -0.345 e. The largest absolute Gasteiger partial charge is 0.345 e. The molecular formula is C11H21N3. The summed E-state index contributed by atoms with van der Waals surface area (Å²) in [4.78, 5) is 7.59. The summed E-state index contributed by atoms with van der Waals surface area (Å²) in [6.07, 6.45) is 5.08. The standard InChI is InChI=1S/C11H21N3/c1-4-5-9-7-13-11(14-9)10(12)6-8(2)3/h7-8,10H,4-6,12H2,1-3H3,(H,13,14). The molecule has 1 rings (SSSR count). The highest BCUT2D eigenvalue weighted by atomic mass is 15.0. The monoisotopic (exact) mass is 195 g/mol. The molecule has 0 fully saturated rings. The zero-order chi connectivity index (χ0) is 10.6. The summed E-state index contributed by atoms with van der Waals surface area (Å²) in [6, 6.07) is 0.0561. The quantitative estimate of drug-likeness (QED) is 0.758. The van der Waals surface area contributed by atoms with Crippen LogP contribution >= 0.6 is 0 Å². The number of hydrogen-bond donors (Lipinski definition) is 2. The van der Waals surface area contributed by atoms with Gasteiger partial charge >= 0.3 is 0 Å². The smallest absolute Gasteiger partial charge is 0.123 e. The van der Waals surface area contributed by atoms with Gasteiger partial charge in [0.2, 0.25) is 0 Å². The highest BCUT2D eigenvalue weighted by Crippen LogP contribution is 2.16. The zero-order valence-corrected chi connectivity index (χ0v) is 9.38. The zero-order valence-electron chi connectivity index (χ0n) is 9.38. The SMILES string of the molecule is CCCc1cnc(C(N)CC(C)C)[nH]1. The van der Waals surface area contributed by atoms with E-state index in [1.807, 2.05) is 6.20 Å². The molecule has 0 spiro atoms. The van der Waals surface area contributed by atoms with Crippen molar-refractivity contribution < 1.29 is 0 Å². The van der Waals surface area contributed by atoms with Crippen molar-refractivity contribution in [3.8, 4) is 0 Å². The molecule has 1 aromatic rings. The van der Waals surface area contributed by atoms with Gasteiger partial charge < -0.3 is 10.7 Å². The van der Waals surface area contributed by atoms with E-state index < -0.39 is 0 Å². The minimum atomic E-state index is 0.0561. The second-order valence-corrected chi connectivity index (χ2v) is 4.28. The van der Waals surface area contributed by atoms with Crippen molar-refractivity contribution >= 4 is 0 Å². The van der Waals surface area contributed by atoms with Gasteiger partial charge in [-0.05, 0) is 18.8 Å². The molecule has 0 aliphatic rings. The second-order valence-electron chi connectivity index (χ2n) is 4.28. The summed E-state index contributed by atoms with van der Waals surface area (Å²) in [5.41, 5.74) is 7.21. The lowest BCUT2D eigenvalue weighted by atomic mass is 10.0. The van der Waals surface area contributed by atoms with Crippen LogP contribution in [0.3, 0.4) is 0 Å².